The van der Waals surface area contributed by atoms with Gasteiger partial charge in [0.15, 0.2) is 0 Å². The number of hydrogen-bond donors (Lipinski definition) is 1. The minimum atomic E-state index is -4.43. The van der Waals surface area contributed by atoms with E-state index in [2.05, 4.69) is 0 Å². The zero-order valence-corrected chi connectivity index (χ0v) is 10.9. The van der Waals surface area contributed by atoms with Crippen LogP contribution in [0.3, 0.4) is 0 Å². The maximum atomic E-state index is 12.4. The molecule has 0 fully saturated rings. The molecule has 0 aliphatic heterocycles. The number of carbonyl (C=O) groups excluding carboxylic acids is 1. The lowest BCUT2D eigenvalue weighted by Crippen LogP contribution is -2.41. The summed E-state index contributed by atoms with van der Waals surface area (Å²) in [5.41, 5.74) is 7.19. The molecule has 0 aliphatic rings. The Bertz CT molecular complexity index is 437. The molecule has 0 spiro atoms. The molecule has 0 bridgehead atoms. The minimum Gasteiger partial charge on any atom is -0.329 e. The molecule has 0 radical (unpaired) electrons. The van der Waals surface area contributed by atoms with Gasteiger partial charge in [-0.1, -0.05) is 17.2 Å². The van der Waals surface area contributed by atoms with Crippen LogP contribution in [-0.2, 0) is 0 Å². The Morgan fingerprint density at radius 1 is 1.21 bits per heavy atom. The topological polar surface area (TPSA) is 46.3 Å². The van der Waals surface area contributed by atoms with E-state index in [4.69, 9.17) is 5.73 Å². The number of carbonyl (C=O) groups is 1. The monoisotopic (exact) mass is 274 g/mol. The smallest absolute Gasteiger partial charge is 0.329 e. The third-order valence-electron chi connectivity index (χ3n) is 2.53. The van der Waals surface area contributed by atoms with Crippen LogP contribution in [-0.4, -0.2) is 36.6 Å². The number of benzene rings is 1. The summed E-state index contributed by atoms with van der Waals surface area (Å²) in [6.45, 7) is 2.18. The molecular formula is C13H17F3N2O. The first-order valence-corrected chi connectivity index (χ1v) is 5.87. The molecule has 6 heteroatoms. The van der Waals surface area contributed by atoms with E-state index in [1.54, 1.807) is 26.0 Å². The maximum Gasteiger partial charge on any atom is 0.406 e. The van der Waals surface area contributed by atoms with Crippen LogP contribution in [0.5, 0.6) is 0 Å². The SMILES string of the molecule is Cc1cc(C)cc(C(=O)N(CCN)CC(F)(F)F)c1. The van der Waals surface area contributed by atoms with Crippen LogP contribution in [0.1, 0.15) is 21.5 Å². The van der Waals surface area contributed by atoms with Gasteiger partial charge in [-0.3, -0.25) is 4.79 Å². The van der Waals surface area contributed by atoms with Crippen LogP contribution < -0.4 is 5.73 Å². The lowest BCUT2D eigenvalue weighted by Gasteiger charge is -2.23. The average molecular weight is 274 g/mol. The van der Waals surface area contributed by atoms with Crippen LogP contribution in [0.25, 0.3) is 0 Å². The number of nitrogens with zero attached hydrogens (tertiary/aromatic N) is 1. The lowest BCUT2D eigenvalue weighted by atomic mass is 10.1. The van der Waals surface area contributed by atoms with Crippen LogP contribution in [0.2, 0.25) is 0 Å². The minimum absolute atomic E-state index is 0.00732. The maximum absolute atomic E-state index is 12.4. The Morgan fingerprint density at radius 3 is 2.16 bits per heavy atom. The highest BCUT2D eigenvalue weighted by Crippen LogP contribution is 2.19. The van der Waals surface area contributed by atoms with Gasteiger partial charge in [0.1, 0.15) is 6.54 Å². The Labute approximate surface area is 110 Å². The third kappa shape index (κ3) is 4.90. The number of amides is 1. The van der Waals surface area contributed by atoms with Crippen LogP contribution in [0.15, 0.2) is 18.2 Å². The lowest BCUT2D eigenvalue weighted by molar-refractivity contribution is -0.140. The van der Waals surface area contributed by atoms with E-state index in [0.29, 0.717) is 0 Å². The molecule has 0 aliphatic carbocycles. The summed E-state index contributed by atoms with van der Waals surface area (Å²) >= 11 is 0. The predicted octanol–water partition coefficient (Wildman–Crippen LogP) is 2.27. The molecule has 1 amide bonds. The molecule has 0 atom stereocenters. The highest BCUT2D eigenvalue weighted by molar-refractivity contribution is 5.94. The van der Waals surface area contributed by atoms with E-state index >= 15 is 0 Å². The van der Waals surface area contributed by atoms with Gasteiger partial charge in [0.05, 0.1) is 0 Å². The first-order valence-electron chi connectivity index (χ1n) is 5.87. The third-order valence-corrected chi connectivity index (χ3v) is 2.53. The van der Waals surface area contributed by atoms with Gasteiger partial charge in [0.25, 0.3) is 5.91 Å². The molecule has 0 unspecified atom stereocenters. The molecule has 0 saturated carbocycles. The van der Waals surface area contributed by atoms with E-state index in [0.717, 1.165) is 16.0 Å². The highest BCUT2D eigenvalue weighted by atomic mass is 19.4. The molecule has 2 N–H and O–H groups in total. The molecular weight excluding hydrogens is 257 g/mol. The zero-order valence-electron chi connectivity index (χ0n) is 10.9. The van der Waals surface area contributed by atoms with Gasteiger partial charge < -0.3 is 10.6 Å². The Balaban J connectivity index is 2.98. The number of hydrogen-bond acceptors (Lipinski definition) is 2. The van der Waals surface area contributed by atoms with Crippen molar-refractivity contribution in [1.82, 2.24) is 4.90 Å². The van der Waals surface area contributed by atoms with Gasteiger partial charge in [-0.2, -0.15) is 13.2 Å². The largest absolute Gasteiger partial charge is 0.406 e. The fourth-order valence-corrected chi connectivity index (χ4v) is 1.91. The standard InChI is InChI=1S/C13H17F3N2O/c1-9-5-10(2)7-11(6-9)12(19)18(4-3-17)8-13(14,15)16/h5-7H,3-4,8,17H2,1-2H3. The molecule has 1 rings (SSSR count). The Morgan fingerprint density at radius 2 is 1.74 bits per heavy atom. The molecule has 106 valence electrons. The van der Waals surface area contributed by atoms with Crippen molar-refractivity contribution in [1.29, 1.82) is 0 Å². The fourth-order valence-electron chi connectivity index (χ4n) is 1.91. The van der Waals surface area contributed by atoms with Crippen molar-refractivity contribution in [3.8, 4) is 0 Å². The van der Waals surface area contributed by atoms with Crippen molar-refractivity contribution in [3.05, 3.63) is 34.9 Å². The Kier molecular flexibility index (Phi) is 4.94. The summed E-state index contributed by atoms with van der Waals surface area (Å²) < 4.78 is 37.3. The van der Waals surface area contributed by atoms with E-state index in [1.165, 1.54) is 0 Å². The van der Waals surface area contributed by atoms with E-state index in [9.17, 15) is 18.0 Å². The van der Waals surface area contributed by atoms with Crippen molar-refractivity contribution < 1.29 is 18.0 Å². The van der Waals surface area contributed by atoms with E-state index in [1.807, 2.05) is 6.07 Å². The fraction of sp³-hybridized carbons (Fsp3) is 0.462. The molecule has 1 aromatic carbocycles. The second-order valence-electron chi connectivity index (χ2n) is 4.51. The van der Waals surface area contributed by atoms with Gasteiger partial charge in [-0.15, -0.1) is 0 Å². The molecule has 0 saturated heterocycles. The summed E-state index contributed by atoms with van der Waals surface area (Å²) in [6.07, 6.45) is -4.43. The summed E-state index contributed by atoms with van der Waals surface area (Å²) in [4.78, 5) is 12.8. The molecule has 0 aromatic heterocycles. The average Bonchev–Trinajstić information content (AvgIpc) is 2.24. The number of rotatable bonds is 4. The summed E-state index contributed by atoms with van der Waals surface area (Å²) in [7, 11) is 0. The molecule has 1 aromatic rings. The zero-order chi connectivity index (χ0) is 14.6. The summed E-state index contributed by atoms with van der Waals surface area (Å²) in [6, 6.07) is 5.01. The van der Waals surface area contributed by atoms with Crippen molar-refractivity contribution >= 4 is 5.91 Å². The van der Waals surface area contributed by atoms with Crippen molar-refractivity contribution in [2.45, 2.75) is 20.0 Å². The summed E-state index contributed by atoms with van der Waals surface area (Å²) in [5.74, 6) is -0.644. The van der Waals surface area contributed by atoms with Crippen molar-refractivity contribution in [2.24, 2.45) is 5.73 Å². The number of alkyl halides is 3. The quantitative estimate of drug-likeness (QED) is 0.915. The van der Waals surface area contributed by atoms with Gasteiger partial charge in [-0.25, -0.2) is 0 Å². The predicted molar refractivity (Wildman–Crippen MR) is 66.9 cm³/mol. The van der Waals surface area contributed by atoms with Crippen LogP contribution in [0.4, 0.5) is 13.2 Å². The first-order chi connectivity index (χ1) is 8.73. The second kappa shape index (κ2) is 6.06. The second-order valence-corrected chi connectivity index (χ2v) is 4.51. The van der Waals surface area contributed by atoms with Crippen LogP contribution in [0, 0.1) is 13.8 Å². The van der Waals surface area contributed by atoms with Gasteiger partial charge >= 0.3 is 6.18 Å². The number of aryl methyl sites for hydroxylation is 2. The number of halogens is 3. The van der Waals surface area contributed by atoms with Crippen LogP contribution >= 0.6 is 0 Å². The molecule has 19 heavy (non-hydrogen) atoms. The summed E-state index contributed by atoms with van der Waals surface area (Å²) in [5, 5.41) is 0. The molecule has 0 heterocycles. The van der Waals surface area contributed by atoms with Gasteiger partial charge in [-0.05, 0) is 26.0 Å². The Hall–Kier alpha value is -1.56. The van der Waals surface area contributed by atoms with E-state index in [-0.39, 0.29) is 18.7 Å². The number of nitrogens with two attached hydrogens (primary N) is 1. The van der Waals surface area contributed by atoms with Gasteiger partial charge in [0.2, 0.25) is 0 Å². The molecule has 3 nitrogen and oxygen atoms in total. The first kappa shape index (κ1) is 15.5. The van der Waals surface area contributed by atoms with E-state index < -0.39 is 18.6 Å². The highest BCUT2D eigenvalue weighted by Gasteiger charge is 2.33. The van der Waals surface area contributed by atoms with Crippen molar-refractivity contribution in [2.75, 3.05) is 19.6 Å². The van der Waals surface area contributed by atoms with Crippen molar-refractivity contribution in [3.63, 3.8) is 0 Å². The normalized spacial score (nSPS) is 11.5. The van der Waals surface area contributed by atoms with Gasteiger partial charge in [0, 0.05) is 18.7 Å².